The van der Waals surface area contributed by atoms with Crippen LogP contribution in [0, 0.1) is 5.41 Å². The Morgan fingerprint density at radius 3 is 2.27 bits per heavy atom. The molecule has 1 aliphatic carbocycles. The Morgan fingerprint density at radius 1 is 1.23 bits per heavy atom. The Kier molecular flexibility index (Phi) is 9.34. The van der Waals surface area contributed by atoms with Crippen molar-refractivity contribution in [3.63, 3.8) is 0 Å². The molecule has 1 fully saturated rings. The van der Waals surface area contributed by atoms with Gasteiger partial charge >= 0.3 is 5.97 Å². The second-order valence-corrected chi connectivity index (χ2v) is 6.93. The van der Waals surface area contributed by atoms with Crippen molar-refractivity contribution >= 4 is 35.9 Å². The van der Waals surface area contributed by atoms with E-state index in [9.17, 15) is 4.79 Å². The van der Waals surface area contributed by atoms with Gasteiger partial charge in [-0.1, -0.05) is 19.8 Å². The molecule has 0 radical (unpaired) electrons. The molecular weight excluding hydrogens is 393 g/mol. The number of carbonyl (C=O) groups is 1. The Balaban J connectivity index is 0.00000441. The number of hydrogen-bond acceptors (Lipinski definition) is 3. The van der Waals surface area contributed by atoms with Crippen molar-refractivity contribution in [2.45, 2.75) is 65.4 Å². The fraction of sp³-hybridized carbons (Fsp3) is 0.875. The number of aliphatic imine (C=N–C) groups is 1. The predicted molar refractivity (Wildman–Crippen MR) is 102 cm³/mol. The summed E-state index contributed by atoms with van der Waals surface area (Å²) >= 11 is 0. The van der Waals surface area contributed by atoms with E-state index >= 15 is 0 Å². The van der Waals surface area contributed by atoms with Gasteiger partial charge in [0.2, 0.25) is 0 Å². The minimum absolute atomic E-state index is 0. The van der Waals surface area contributed by atoms with Crippen molar-refractivity contribution < 1.29 is 9.53 Å². The predicted octanol–water partition coefficient (Wildman–Crippen LogP) is 3.08. The highest BCUT2D eigenvalue weighted by atomic mass is 127. The highest BCUT2D eigenvalue weighted by Gasteiger charge is 2.31. The third kappa shape index (κ3) is 7.65. The molecular formula is C16H32IN3O2. The van der Waals surface area contributed by atoms with Crippen LogP contribution in [0.1, 0.15) is 59.8 Å². The molecule has 6 heteroatoms. The summed E-state index contributed by atoms with van der Waals surface area (Å²) in [5.41, 5.74) is -0.0602. The first-order valence-corrected chi connectivity index (χ1v) is 7.97. The zero-order valence-corrected chi connectivity index (χ0v) is 17.0. The molecule has 0 saturated heterocycles. The van der Waals surface area contributed by atoms with E-state index in [1.54, 1.807) is 7.05 Å². The molecule has 0 atom stereocenters. The molecule has 0 heterocycles. The number of carbonyl (C=O) groups excluding carboxylic acids is 1. The smallest absolute Gasteiger partial charge is 0.325 e. The SMILES string of the molecule is CCC1(CNC(=NC)NCC(=O)OC(C)(C)C)CCCC1.I. The topological polar surface area (TPSA) is 62.7 Å². The van der Waals surface area contributed by atoms with Crippen molar-refractivity contribution in [3.8, 4) is 0 Å². The van der Waals surface area contributed by atoms with E-state index in [2.05, 4.69) is 22.5 Å². The van der Waals surface area contributed by atoms with Crippen LogP contribution in [0.15, 0.2) is 4.99 Å². The number of nitrogens with zero attached hydrogens (tertiary/aromatic N) is 1. The Morgan fingerprint density at radius 2 is 1.82 bits per heavy atom. The highest BCUT2D eigenvalue weighted by Crippen LogP contribution is 2.40. The summed E-state index contributed by atoms with van der Waals surface area (Å²) in [4.78, 5) is 15.9. The number of nitrogens with one attached hydrogen (secondary N) is 2. The molecule has 0 aromatic rings. The van der Waals surface area contributed by atoms with Crippen molar-refractivity contribution in [2.75, 3.05) is 20.1 Å². The molecule has 0 unspecified atom stereocenters. The summed E-state index contributed by atoms with van der Waals surface area (Å²) in [6.45, 7) is 8.90. The minimum atomic E-state index is -0.453. The van der Waals surface area contributed by atoms with Gasteiger partial charge in [-0.05, 0) is 45.4 Å². The largest absolute Gasteiger partial charge is 0.459 e. The summed E-state index contributed by atoms with van der Waals surface area (Å²) in [6.07, 6.45) is 6.38. The lowest BCUT2D eigenvalue weighted by atomic mass is 9.83. The number of halogens is 1. The summed E-state index contributed by atoms with van der Waals surface area (Å²) in [5, 5.41) is 6.37. The number of guanidine groups is 1. The number of rotatable bonds is 5. The van der Waals surface area contributed by atoms with Crippen LogP contribution in [0.25, 0.3) is 0 Å². The zero-order chi connectivity index (χ0) is 15.9. The Labute approximate surface area is 152 Å². The average Bonchev–Trinajstić information content (AvgIpc) is 2.86. The van der Waals surface area contributed by atoms with Crippen molar-refractivity contribution in [1.82, 2.24) is 10.6 Å². The quantitative estimate of drug-likeness (QED) is 0.308. The van der Waals surface area contributed by atoms with Gasteiger partial charge in [0.05, 0.1) is 0 Å². The molecule has 1 aliphatic rings. The highest BCUT2D eigenvalue weighted by molar-refractivity contribution is 14.0. The number of esters is 1. The maximum absolute atomic E-state index is 11.7. The van der Waals surface area contributed by atoms with E-state index < -0.39 is 5.60 Å². The van der Waals surface area contributed by atoms with Gasteiger partial charge in [-0.15, -0.1) is 24.0 Å². The first-order valence-electron chi connectivity index (χ1n) is 7.97. The fourth-order valence-electron chi connectivity index (χ4n) is 2.81. The molecule has 0 aromatic carbocycles. The molecule has 0 aliphatic heterocycles. The minimum Gasteiger partial charge on any atom is -0.459 e. The van der Waals surface area contributed by atoms with Crippen LogP contribution in [0.3, 0.4) is 0 Å². The Hall–Kier alpha value is -0.530. The van der Waals surface area contributed by atoms with Gasteiger partial charge in [0.25, 0.3) is 0 Å². The van der Waals surface area contributed by atoms with Gasteiger partial charge in [-0.3, -0.25) is 9.79 Å². The molecule has 22 heavy (non-hydrogen) atoms. The monoisotopic (exact) mass is 425 g/mol. The molecule has 0 aromatic heterocycles. The van der Waals surface area contributed by atoms with E-state index in [4.69, 9.17) is 4.74 Å². The van der Waals surface area contributed by atoms with Crippen LogP contribution < -0.4 is 10.6 Å². The second-order valence-electron chi connectivity index (χ2n) is 6.93. The van der Waals surface area contributed by atoms with Crippen molar-refractivity contribution in [2.24, 2.45) is 10.4 Å². The van der Waals surface area contributed by atoms with Gasteiger partial charge in [-0.2, -0.15) is 0 Å². The van der Waals surface area contributed by atoms with Gasteiger partial charge in [0, 0.05) is 13.6 Å². The van der Waals surface area contributed by atoms with Crippen LogP contribution in [-0.4, -0.2) is 37.7 Å². The molecule has 1 rings (SSSR count). The number of ether oxygens (including phenoxy) is 1. The fourth-order valence-corrected chi connectivity index (χ4v) is 2.81. The second kappa shape index (κ2) is 9.57. The van der Waals surface area contributed by atoms with Crippen LogP contribution in [0.2, 0.25) is 0 Å². The van der Waals surface area contributed by atoms with Crippen LogP contribution >= 0.6 is 24.0 Å². The standard InChI is InChI=1S/C16H31N3O2.HI/c1-6-16(9-7-8-10-16)12-19-14(17-5)18-11-13(20)21-15(2,3)4;/h6-12H2,1-5H3,(H2,17,18,19);1H. The van der Waals surface area contributed by atoms with Crippen LogP contribution in [0.5, 0.6) is 0 Å². The van der Waals surface area contributed by atoms with Gasteiger partial charge < -0.3 is 15.4 Å². The van der Waals surface area contributed by atoms with Gasteiger partial charge in [-0.25, -0.2) is 0 Å². The van der Waals surface area contributed by atoms with Crippen LogP contribution in [-0.2, 0) is 9.53 Å². The van der Waals surface area contributed by atoms with Gasteiger partial charge in [0.1, 0.15) is 12.1 Å². The van der Waals surface area contributed by atoms with Gasteiger partial charge in [0.15, 0.2) is 5.96 Å². The first-order chi connectivity index (χ1) is 9.80. The normalized spacial score (nSPS) is 17.6. The zero-order valence-electron chi connectivity index (χ0n) is 14.6. The molecule has 2 N–H and O–H groups in total. The lowest BCUT2D eigenvalue weighted by molar-refractivity contribution is -0.153. The van der Waals surface area contributed by atoms with E-state index in [0.29, 0.717) is 11.4 Å². The third-order valence-corrected chi connectivity index (χ3v) is 4.09. The van der Waals surface area contributed by atoms with E-state index in [-0.39, 0.29) is 36.5 Å². The maximum Gasteiger partial charge on any atom is 0.325 e. The molecule has 5 nitrogen and oxygen atoms in total. The summed E-state index contributed by atoms with van der Waals surface area (Å²) in [7, 11) is 1.72. The number of hydrogen-bond donors (Lipinski definition) is 2. The summed E-state index contributed by atoms with van der Waals surface area (Å²) in [6, 6.07) is 0. The molecule has 0 spiro atoms. The van der Waals surface area contributed by atoms with E-state index in [0.717, 1.165) is 6.54 Å². The molecule has 0 amide bonds. The lowest BCUT2D eigenvalue weighted by Crippen LogP contribution is -2.45. The Bertz CT molecular complexity index is 372. The van der Waals surface area contributed by atoms with E-state index in [1.807, 2.05) is 20.8 Å². The van der Waals surface area contributed by atoms with Crippen molar-refractivity contribution in [3.05, 3.63) is 0 Å². The first kappa shape index (κ1) is 21.5. The summed E-state index contributed by atoms with van der Waals surface area (Å²) < 4.78 is 5.27. The molecule has 1 saturated carbocycles. The summed E-state index contributed by atoms with van der Waals surface area (Å²) in [5.74, 6) is 0.400. The van der Waals surface area contributed by atoms with Crippen LogP contribution in [0.4, 0.5) is 0 Å². The lowest BCUT2D eigenvalue weighted by Gasteiger charge is -2.28. The average molecular weight is 425 g/mol. The van der Waals surface area contributed by atoms with E-state index in [1.165, 1.54) is 32.1 Å². The van der Waals surface area contributed by atoms with Crippen molar-refractivity contribution in [1.29, 1.82) is 0 Å². The maximum atomic E-state index is 11.7. The third-order valence-electron chi connectivity index (χ3n) is 4.09. The molecule has 130 valence electrons. The molecule has 0 bridgehead atoms.